The molecule has 3 aromatic carbocycles. The topological polar surface area (TPSA) is 66.9 Å². The minimum absolute atomic E-state index is 0.0535. The summed E-state index contributed by atoms with van der Waals surface area (Å²) in [4.78, 5) is 42.5. The molecule has 1 saturated heterocycles. The summed E-state index contributed by atoms with van der Waals surface area (Å²) in [6.45, 7) is 2.71. The first kappa shape index (κ1) is 24.5. The van der Waals surface area contributed by atoms with Crippen LogP contribution in [0.15, 0.2) is 78.9 Å². The molecule has 0 saturated carbocycles. The van der Waals surface area contributed by atoms with Crippen LogP contribution in [0.2, 0.25) is 5.02 Å². The monoisotopic (exact) mass is 490 g/mol. The Morgan fingerprint density at radius 3 is 2.40 bits per heavy atom. The average molecular weight is 491 g/mol. The first-order valence-electron chi connectivity index (χ1n) is 11.6. The zero-order chi connectivity index (χ0) is 24.8. The maximum atomic E-state index is 13.4. The Balaban J connectivity index is 1.57. The van der Waals surface area contributed by atoms with E-state index in [2.05, 4.69) is 0 Å². The number of rotatable bonds is 9. The van der Waals surface area contributed by atoms with Crippen molar-refractivity contribution in [1.82, 2.24) is 4.90 Å². The first-order valence-corrected chi connectivity index (χ1v) is 12.0. The zero-order valence-electron chi connectivity index (χ0n) is 19.5. The molecule has 7 heteroatoms. The molecule has 0 spiro atoms. The van der Waals surface area contributed by atoms with Gasteiger partial charge in [-0.3, -0.25) is 14.4 Å². The second kappa shape index (κ2) is 11.2. The second-order valence-corrected chi connectivity index (χ2v) is 8.78. The molecule has 6 nitrogen and oxygen atoms in total. The highest BCUT2D eigenvalue weighted by atomic mass is 35.5. The van der Waals surface area contributed by atoms with Crippen LogP contribution in [0.1, 0.15) is 24.5 Å². The number of nitrogens with zero attached hydrogens (tertiary/aromatic N) is 2. The van der Waals surface area contributed by atoms with E-state index in [-0.39, 0.29) is 24.7 Å². The molecule has 1 atom stereocenters. The van der Waals surface area contributed by atoms with Gasteiger partial charge in [0.25, 0.3) is 5.91 Å². The van der Waals surface area contributed by atoms with Gasteiger partial charge in [-0.1, -0.05) is 54.1 Å². The Labute approximate surface area is 210 Å². The second-order valence-electron chi connectivity index (χ2n) is 8.34. The predicted octanol–water partition coefficient (Wildman–Crippen LogP) is 4.68. The standard InChI is InChI=1S/C28H27ClN2O4/c1-2-35-24-13-11-23(12-14-24)31-27(33)19-25(28(31)34)30(16-15-21-9-6-10-22(29)17-21)26(32)18-20-7-4-3-5-8-20/h3-14,17,25H,2,15-16,18-19H2,1H3. The lowest BCUT2D eigenvalue weighted by Gasteiger charge is -2.28. The molecule has 4 rings (SSSR count). The van der Waals surface area contributed by atoms with E-state index < -0.39 is 11.9 Å². The van der Waals surface area contributed by atoms with Crippen molar-refractivity contribution in [3.05, 3.63) is 95.0 Å². The van der Waals surface area contributed by atoms with Gasteiger partial charge in [0, 0.05) is 11.6 Å². The van der Waals surface area contributed by atoms with Gasteiger partial charge in [-0.15, -0.1) is 0 Å². The Morgan fingerprint density at radius 2 is 1.71 bits per heavy atom. The largest absolute Gasteiger partial charge is 0.494 e. The van der Waals surface area contributed by atoms with Crippen molar-refractivity contribution in [2.24, 2.45) is 0 Å². The summed E-state index contributed by atoms with van der Waals surface area (Å²) in [7, 11) is 0. The normalized spacial score (nSPS) is 15.4. The van der Waals surface area contributed by atoms with Crippen LogP contribution >= 0.6 is 11.6 Å². The lowest BCUT2D eigenvalue weighted by Crippen LogP contribution is -2.47. The summed E-state index contributed by atoms with van der Waals surface area (Å²) in [5, 5.41) is 0.610. The van der Waals surface area contributed by atoms with Crippen LogP contribution in [-0.2, 0) is 27.2 Å². The number of ether oxygens (including phenoxy) is 1. The predicted molar refractivity (Wildman–Crippen MR) is 136 cm³/mol. The fourth-order valence-electron chi connectivity index (χ4n) is 4.26. The van der Waals surface area contributed by atoms with E-state index in [1.165, 1.54) is 4.90 Å². The molecule has 0 bridgehead atoms. The van der Waals surface area contributed by atoms with E-state index in [0.717, 1.165) is 11.1 Å². The number of hydrogen-bond acceptors (Lipinski definition) is 4. The summed E-state index contributed by atoms with van der Waals surface area (Å²) in [5.74, 6) is -0.262. The number of carbonyl (C=O) groups excluding carboxylic acids is 3. The van der Waals surface area contributed by atoms with Crippen molar-refractivity contribution in [3.63, 3.8) is 0 Å². The van der Waals surface area contributed by atoms with Crippen molar-refractivity contribution in [2.75, 3.05) is 18.1 Å². The summed E-state index contributed by atoms with van der Waals surface area (Å²) in [6.07, 6.45) is 0.613. The third-order valence-corrected chi connectivity index (χ3v) is 6.19. The molecule has 0 radical (unpaired) electrons. The molecular formula is C28H27ClN2O4. The number of amides is 3. The highest BCUT2D eigenvalue weighted by molar-refractivity contribution is 6.30. The smallest absolute Gasteiger partial charge is 0.257 e. The van der Waals surface area contributed by atoms with E-state index in [1.54, 1.807) is 35.2 Å². The summed E-state index contributed by atoms with van der Waals surface area (Å²) in [5.41, 5.74) is 2.27. The number of benzene rings is 3. The van der Waals surface area contributed by atoms with Gasteiger partial charge < -0.3 is 9.64 Å². The number of hydrogen-bond donors (Lipinski definition) is 0. The minimum Gasteiger partial charge on any atom is -0.494 e. The van der Waals surface area contributed by atoms with Gasteiger partial charge >= 0.3 is 0 Å². The Morgan fingerprint density at radius 1 is 1.00 bits per heavy atom. The summed E-state index contributed by atoms with van der Waals surface area (Å²) in [6, 6.07) is 22.8. The minimum atomic E-state index is -0.857. The SMILES string of the molecule is CCOc1ccc(N2C(=O)CC(N(CCc3cccc(Cl)c3)C(=O)Cc3ccccc3)C2=O)cc1. The van der Waals surface area contributed by atoms with E-state index >= 15 is 0 Å². The van der Waals surface area contributed by atoms with Gasteiger partial charge in [0.15, 0.2) is 0 Å². The molecule has 3 amide bonds. The fraction of sp³-hybridized carbons (Fsp3) is 0.250. The number of carbonyl (C=O) groups is 3. The summed E-state index contributed by atoms with van der Waals surface area (Å²) < 4.78 is 5.46. The van der Waals surface area contributed by atoms with Crippen molar-refractivity contribution < 1.29 is 19.1 Å². The van der Waals surface area contributed by atoms with Gasteiger partial charge in [0.2, 0.25) is 11.8 Å². The van der Waals surface area contributed by atoms with Crippen molar-refractivity contribution >= 4 is 35.0 Å². The number of imide groups is 1. The van der Waals surface area contributed by atoms with E-state index in [0.29, 0.717) is 36.0 Å². The molecule has 0 aliphatic carbocycles. The third-order valence-electron chi connectivity index (χ3n) is 5.95. The molecule has 1 heterocycles. The van der Waals surface area contributed by atoms with E-state index in [9.17, 15) is 14.4 Å². The zero-order valence-corrected chi connectivity index (χ0v) is 20.3. The van der Waals surface area contributed by atoms with Crippen LogP contribution in [0.5, 0.6) is 5.75 Å². The van der Waals surface area contributed by atoms with Gasteiger partial charge in [-0.2, -0.15) is 0 Å². The van der Waals surface area contributed by atoms with Crippen LogP contribution in [-0.4, -0.2) is 41.8 Å². The van der Waals surface area contributed by atoms with Crippen molar-refractivity contribution in [3.8, 4) is 5.75 Å². The van der Waals surface area contributed by atoms with Crippen LogP contribution in [0.3, 0.4) is 0 Å². The maximum absolute atomic E-state index is 13.4. The molecule has 0 N–H and O–H groups in total. The third kappa shape index (κ3) is 5.89. The number of anilines is 1. The van der Waals surface area contributed by atoms with Gasteiger partial charge in [0.1, 0.15) is 11.8 Å². The van der Waals surface area contributed by atoms with Gasteiger partial charge in [-0.05, 0) is 60.9 Å². The lowest BCUT2D eigenvalue weighted by atomic mass is 10.1. The highest BCUT2D eigenvalue weighted by Gasteiger charge is 2.44. The lowest BCUT2D eigenvalue weighted by molar-refractivity contribution is -0.137. The average Bonchev–Trinajstić information content (AvgIpc) is 3.14. The van der Waals surface area contributed by atoms with Crippen LogP contribution < -0.4 is 9.64 Å². The molecule has 1 aliphatic heterocycles. The van der Waals surface area contributed by atoms with Crippen molar-refractivity contribution in [2.45, 2.75) is 32.2 Å². The van der Waals surface area contributed by atoms with Crippen LogP contribution in [0.25, 0.3) is 0 Å². The summed E-state index contributed by atoms with van der Waals surface area (Å²) >= 11 is 6.12. The molecule has 0 aromatic heterocycles. The van der Waals surface area contributed by atoms with Crippen LogP contribution in [0, 0.1) is 0 Å². The van der Waals surface area contributed by atoms with E-state index in [1.807, 2.05) is 55.5 Å². The maximum Gasteiger partial charge on any atom is 0.257 e. The number of halogens is 1. The quantitative estimate of drug-likeness (QED) is 0.408. The molecule has 180 valence electrons. The first-order chi connectivity index (χ1) is 17.0. The van der Waals surface area contributed by atoms with E-state index in [4.69, 9.17) is 16.3 Å². The Hall–Kier alpha value is -3.64. The van der Waals surface area contributed by atoms with Gasteiger partial charge in [-0.25, -0.2) is 4.90 Å². The molecular weight excluding hydrogens is 464 g/mol. The molecule has 1 fully saturated rings. The molecule has 35 heavy (non-hydrogen) atoms. The fourth-order valence-corrected chi connectivity index (χ4v) is 4.47. The molecule has 3 aromatic rings. The van der Waals surface area contributed by atoms with Crippen molar-refractivity contribution in [1.29, 1.82) is 0 Å². The van der Waals surface area contributed by atoms with Gasteiger partial charge in [0.05, 0.1) is 25.1 Å². The Bertz CT molecular complexity index is 1200. The Kier molecular flexibility index (Phi) is 7.83. The van der Waals surface area contributed by atoms with Crippen LogP contribution in [0.4, 0.5) is 5.69 Å². The highest BCUT2D eigenvalue weighted by Crippen LogP contribution is 2.28. The molecule has 1 aliphatic rings. The molecule has 1 unspecified atom stereocenters.